The van der Waals surface area contributed by atoms with Gasteiger partial charge in [-0.15, -0.1) is 12.6 Å². The fourth-order valence-electron chi connectivity index (χ4n) is 7.10. The lowest BCUT2D eigenvalue weighted by Gasteiger charge is -2.26. The topological polar surface area (TPSA) is 52.0 Å². The van der Waals surface area contributed by atoms with Crippen molar-refractivity contribution < 1.29 is 0 Å². The Bertz CT molecular complexity index is 2530. The fourth-order valence-corrected chi connectivity index (χ4v) is 7.51. The largest absolute Gasteiger partial charge is 0.402 e. The van der Waals surface area contributed by atoms with Crippen LogP contribution >= 0.6 is 12.6 Å². The number of allylic oxidation sites excluding steroid dienone is 1. The lowest BCUT2D eigenvalue weighted by molar-refractivity contribution is 0.991. The Balaban J connectivity index is 1.23. The van der Waals surface area contributed by atoms with Crippen molar-refractivity contribution in [1.29, 1.82) is 0 Å². The summed E-state index contributed by atoms with van der Waals surface area (Å²) < 4.78 is 4.52. The van der Waals surface area contributed by atoms with Crippen LogP contribution in [0.5, 0.6) is 0 Å². The van der Waals surface area contributed by atoms with Gasteiger partial charge in [-0.2, -0.15) is 0 Å². The van der Waals surface area contributed by atoms with Crippen LogP contribution in [0.1, 0.15) is 34.9 Å². The summed E-state index contributed by atoms with van der Waals surface area (Å²) in [6, 6.07) is 41.6. The second-order valence-electron chi connectivity index (χ2n) is 13.4. The molecular formula is C44H39N5S. The molecule has 5 aromatic carbocycles. The third-order valence-electron chi connectivity index (χ3n) is 9.48. The van der Waals surface area contributed by atoms with Crippen LogP contribution in [-0.2, 0) is 0 Å². The van der Waals surface area contributed by atoms with Gasteiger partial charge in [0, 0.05) is 61.6 Å². The van der Waals surface area contributed by atoms with Gasteiger partial charge >= 0.3 is 0 Å². The predicted molar refractivity (Wildman–Crippen MR) is 214 cm³/mol. The molecule has 0 saturated heterocycles. The van der Waals surface area contributed by atoms with Gasteiger partial charge in [0.05, 0.1) is 27.8 Å². The standard InChI is InChI=1S/C44H39N5S/c1-27-6-10-32(11-7-27)47(34-14-18-36(19-15-34)49-42-21-9-29(3)23-38(42)40(44(49)50)24-30(4)45)33-12-16-35(17-13-33)48-41-20-8-28(2)22-37(41)39-25-31(5)46-26-43(39)48/h6-26,50H,45H2,1-5H3/b30-24-. The molecule has 246 valence electrons. The first-order chi connectivity index (χ1) is 24.2. The summed E-state index contributed by atoms with van der Waals surface area (Å²) in [5, 5.41) is 4.46. The van der Waals surface area contributed by atoms with Crippen molar-refractivity contribution in [3.8, 4) is 11.4 Å². The molecular weight excluding hydrogens is 631 g/mol. The van der Waals surface area contributed by atoms with Gasteiger partial charge in [0.1, 0.15) is 0 Å². The number of pyridine rings is 1. The molecule has 0 radical (unpaired) electrons. The molecule has 0 unspecified atom stereocenters. The molecule has 0 amide bonds. The van der Waals surface area contributed by atoms with Gasteiger partial charge < -0.3 is 19.8 Å². The number of fused-ring (bicyclic) bond motifs is 4. The average Bonchev–Trinajstić information content (AvgIpc) is 3.56. The first kappa shape index (κ1) is 31.5. The van der Waals surface area contributed by atoms with E-state index in [-0.39, 0.29) is 0 Å². The minimum atomic E-state index is 0.746. The van der Waals surface area contributed by atoms with Gasteiger partial charge in [0.15, 0.2) is 0 Å². The first-order valence-corrected chi connectivity index (χ1v) is 17.3. The fraction of sp³-hybridized carbons (Fsp3) is 0.114. The van der Waals surface area contributed by atoms with E-state index in [2.05, 4.69) is 162 Å². The number of hydrogen-bond acceptors (Lipinski definition) is 4. The van der Waals surface area contributed by atoms with Crippen LogP contribution < -0.4 is 10.6 Å². The summed E-state index contributed by atoms with van der Waals surface area (Å²) in [5.74, 6) is 0. The molecule has 50 heavy (non-hydrogen) atoms. The monoisotopic (exact) mass is 669 g/mol. The van der Waals surface area contributed by atoms with E-state index >= 15 is 0 Å². The van der Waals surface area contributed by atoms with Crippen LogP contribution in [0.25, 0.3) is 50.2 Å². The lowest BCUT2D eigenvalue weighted by atomic mass is 10.1. The Morgan fingerprint density at radius 1 is 0.600 bits per heavy atom. The number of thiol groups is 1. The molecule has 8 rings (SSSR count). The smallest absolute Gasteiger partial charge is 0.0848 e. The predicted octanol–water partition coefficient (Wildman–Crippen LogP) is 11.4. The number of aromatic nitrogens is 3. The Morgan fingerprint density at radius 3 is 1.66 bits per heavy atom. The summed E-state index contributed by atoms with van der Waals surface area (Å²) in [6.07, 6.45) is 4.01. The van der Waals surface area contributed by atoms with Crippen molar-refractivity contribution in [2.45, 2.75) is 39.6 Å². The van der Waals surface area contributed by atoms with Crippen LogP contribution in [0.4, 0.5) is 17.1 Å². The van der Waals surface area contributed by atoms with Crippen molar-refractivity contribution in [2.75, 3.05) is 4.90 Å². The SMILES string of the molecule is C/C(N)=C/c1c(S)n(-c2ccc(N(c3ccc(C)cc3)c3ccc(-n4c5ccc(C)cc5c5cc(C)ncc54)cc3)cc2)c2ccc(C)cc12. The summed E-state index contributed by atoms with van der Waals surface area (Å²) in [4.78, 5) is 6.97. The van der Waals surface area contributed by atoms with Gasteiger partial charge in [0.2, 0.25) is 0 Å². The first-order valence-electron chi connectivity index (χ1n) is 16.9. The minimum Gasteiger partial charge on any atom is -0.402 e. The van der Waals surface area contributed by atoms with Crippen molar-refractivity contribution in [3.63, 3.8) is 0 Å². The normalized spacial score (nSPS) is 12.0. The summed E-state index contributed by atoms with van der Waals surface area (Å²) in [5.41, 5.74) is 21.3. The number of rotatable bonds is 6. The third kappa shape index (κ3) is 5.42. The molecule has 0 spiro atoms. The molecule has 3 aromatic heterocycles. The van der Waals surface area contributed by atoms with E-state index in [1.54, 1.807) is 0 Å². The van der Waals surface area contributed by atoms with Gasteiger partial charge in [0.25, 0.3) is 0 Å². The zero-order valence-corrected chi connectivity index (χ0v) is 29.8. The van der Waals surface area contributed by atoms with E-state index in [9.17, 15) is 0 Å². The molecule has 2 N–H and O–H groups in total. The van der Waals surface area contributed by atoms with E-state index < -0.39 is 0 Å². The van der Waals surface area contributed by atoms with Crippen LogP contribution in [-0.4, -0.2) is 14.1 Å². The highest BCUT2D eigenvalue weighted by Gasteiger charge is 2.18. The molecule has 8 aromatic rings. The Kier molecular flexibility index (Phi) is 7.77. The van der Waals surface area contributed by atoms with Crippen LogP contribution in [0.3, 0.4) is 0 Å². The van der Waals surface area contributed by atoms with E-state index in [4.69, 9.17) is 18.4 Å². The van der Waals surface area contributed by atoms with Crippen molar-refractivity contribution in [3.05, 3.63) is 155 Å². The quantitative estimate of drug-likeness (QED) is 0.173. The van der Waals surface area contributed by atoms with Crippen LogP contribution in [0.2, 0.25) is 0 Å². The highest BCUT2D eigenvalue weighted by molar-refractivity contribution is 7.80. The van der Waals surface area contributed by atoms with Gasteiger partial charge in [-0.1, -0.05) is 41.0 Å². The van der Waals surface area contributed by atoms with E-state index in [0.29, 0.717) is 0 Å². The number of hydrogen-bond donors (Lipinski definition) is 2. The zero-order chi connectivity index (χ0) is 34.7. The van der Waals surface area contributed by atoms with Gasteiger partial charge in [-0.3, -0.25) is 4.98 Å². The maximum Gasteiger partial charge on any atom is 0.0848 e. The average molecular weight is 670 g/mol. The Morgan fingerprint density at radius 2 is 1.08 bits per heavy atom. The summed E-state index contributed by atoms with van der Waals surface area (Å²) in [7, 11) is 0. The molecule has 0 atom stereocenters. The van der Waals surface area contributed by atoms with E-state index in [1.807, 2.05) is 19.2 Å². The highest BCUT2D eigenvalue weighted by Crippen LogP contribution is 2.39. The highest BCUT2D eigenvalue weighted by atomic mass is 32.1. The molecule has 6 heteroatoms. The second-order valence-corrected chi connectivity index (χ2v) is 13.8. The summed E-state index contributed by atoms with van der Waals surface area (Å²) in [6.45, 7) is 10.3. The maximum absolute atomic E-state index is 6.15. The van der Waals surface area contributed by atoms with Crippen LogP contribution in [0.15, 0.2) is 132 Å². The zero-order valence-electron chi connectivity index (χ0n) is 28.9. The number of nitrogens with zero attached hydrogens (tertiary/aromatic N) is 4. The van der Waals surface area contributed by atoms with Crippen molar-refractivity contribution in [1.82, 2.24) is 14.1 Å². The van der Waals surface area contributed by atoms with E-state index in [0.717, 1.165) is 66.8 Å². The lowest BCUT2D eigenvalue weighted by Crippen LogP contribution is -2.10. The Hall–Kier alpha value is -5.72. The maximum atomic E-state index is 6.15. The van der Waals surface area contributed by atoms with Gasteiger partial charge in [-0.05, 0) is 132 Å². The molecule has 0 aliphatic carbocycles. The number of benzene rings is 5. The molecule has 0 saturated carbocycles. The molecule has 0 aliphatic heterocycles. The van der Waals surface area contributed by atoms with Crippen LogP contribution in [0, 0.1) is 27.7 Å². The molecule has 5 nitrogen and oxygen atoms in total. The second kappa shape index (κ2) is 12.3. The molecule has 0 bridgehead atoms. The van der Waals surface area contributed by atoms with Crippen molar-refractivity contribution >= 4 is 68.5 Å². The number of anilines is 3. The molecule has 3 heterocycles. The Labute approximate surface area is 298 Å². The number of aryl methyl sites for hydroxylation is 4. The minimum absolute atomic E-state index is 0.746. The van der Waals surface area contributed by atoms with E-state index in [1.165, 1.54) is 33.0 Å². The number of nitrogens with two attached hydrogens (primary N) is 1. The third-order valence-corrected chi connectivity index (χ3v) is 9.92. The summed E-state index contributed by atoms with van der Waals surface area (Å²) >= 11 is 5.02. The van der Waals surface area contributed by atoms with Gasteiger partial charge in [-0.25, -0.2) is 0 Å². The molecule has 0 fully saturated rings. The molecule has 0 aliphatic rings. The van der Waals surface area contributed by atoms with Crippen molar-refractivity contribution in [2.24, 2.45) is 5.73 Å².